The van der Waals surface area contributed by atoms with Crippen molar-refractivity contribution in [2.45, 2.75) is 52.2 Å². The maximum absolute atomic E-state index is 12.9. The van der Waals surface area contributed by atoms with Crippen LogP contribution in [0.5, 0.6) is 5.75 Å². The molecule has 2 aromatic carbocycles. The first kappa shape index (κ1) is 20.1. The number of hydrogen-bond donors (Lipinski definition) is 1. The number of hydrogen-bond acceptors (Lipinski definition) is 5. The topological polar surface area (TPSA) is 77.2 Å². The van der Waals surface area contributed by atoms with E-state index in [1.807, 2.05) is 38.1 Å². The van der Waals surface area contributed by atoms with Crippen LogP contribution < -0.4 is 10.1 Å². The monoisotopic (exact) mass is 405 g/mol. The number of benzene rings is 2. The Hall–Kier alpha value is -3.15. The van der Waals surface area contributed by atoms with Gasteiger partial charge in [-0.2, -0.15) is 4.98 Å². The maximum atomic E-state index is 12.9. The highest BCUT2D eigenvalue weighted by Gasteiger charge is 2.31. The summed E-state index contributed by atoms with van der Waals surface area (Å²) in [7, 11) is 0. The third-order valence-corrected chi connectivity index (χ3v) is 5.20. The first-order valence-corrected chi connectivity index (χ1v) is 10.4. The van der Waals surface area contributed by atoms with Gasteiger partial charge in [-0.3, -0.25) is 4.79 Å². The van der Waals surface area contributed by atoms with Gasteiger partial charge in [0.1, 0.15) is 18.4 Å². The number of rotatable bonds is 8. The van der Waals surface area contributed by atoms with E-state index in [0.717, 1.165) is 24.2 Å². The van der Waals surface area contributed by atoms with Crippen LogP contribution >= 0.6 is 0 Å². The van der Waals surface area contributed by atoms with Crippen LogP contribution in [0.25, 0.3) is 0 Å². The lowest BCUT2D eigenvalue weighted by molar-refractivity contribution is 0.0913. The zero-order valence-corrected chi connectivity index (χ0v) is 17.6. The van der Waals surface area contributed by atoms with Crippen molar-refractivity contribution >= 4 is 5.91 Å². The summed E-state index contributed by atoms with van der Waals surface area (Å²) in [5.74, 6) is 2.19. The molecule has 1 aliphatic carbocycles. The van der Waals surface area contributed by atoms with E-state index in [1.165, 1.54) is 5.56 Å². The molecular weight excluding hydrogens is 378 g/mol. The SMILES string of the molecule is Cc1cccc(COc2cccc(C(=O)NC(c3nc(C4CC4)no3)C(C)C)c2)c1. The summed E-state index contributed by atoms with van der Waals surface area (Å²) in [6, 6.07) is 15.0. The van der Waals surface area contributed by atoms with Gasteiger partial charge in [0.25, 0.3) is 5.91 Å². The molecule has 1 unspecified atom stereocenters. The molecule has 1 N–H and O–H groups in total. The molecule has 0 bridgehead atoms. The Morgan fingerprint density at radius 3 is 2.73 bits per heavy atom. The van der Waals surface area contributed by atoms with Gasteiger partial charge < -0.3 is 14.6 Å². The molecule has 1 amide bonds. The zero-order valence-electron chi connectivity index (χ0n) is 17.6. The zero-order chi connectivity index (χ0) is 21.1. The van der Waals surface area contributed by atoms with Gasteiger partial charge in [-0.05, 0) is 49.4 Å². The van der Waals surface area contributed by atoms with Crippen molar-refractivity contribution in [2.24, 2.45) is 5.92 Å². The maximum Gasteiger partial charge on any atom is 0.252 e. The predicted molar refractivity (Wildman–Crippen MR) is 113 cm³/mol. The first-order chi connectivity index (χ1) is 14.5. The van der Waals surface area contributed by atoms with Crippen LogP contribution in [0.2, 0.25) is 0 Å². The van der Waals surface area contributed by atoms with Gasteiger partial charge in [0.2, 0.25) is 5.89 Å². The Balaban J connectivity index is 1.43. The summed E-state index contributed by atoms with van der Waals surface area (Å²) in [6.07, 6.45) is 2.21. The summed E-state index contributed by atoms with van der Waals surface area (Å²) in [5.41, 5.74) is 2.81. The third kappa shape index (κ3) is 4.87. The summed E-state index contributed by atoms with van der Waals surface area (Å²) in [6.45, 7) is 6.55. The largest absolute Gasteiger partial charge is 0.489 e. The normalized spacial score (nSPS) is 14.5. The predicted octanol–water partition coefficient (Wildman–Crippen LogP) is 4.96. The minimum absolute atomic E-state index is 0.113. The molecule has 1 fully saturated rings. The van der Waals surface area contributed by atoms with Gasteiger partial charge in [-0.1, -0.05) is 54.9 Å². The average molecular weight is 405 g/mol. The van der Waals surface area contributed by atoms with E-state index in [1.54, 1.807) is 12.1 Å². The highest BCUT2D eigenvalue weighted by atomic mass is 16.5. The van der Waals surface area contributed by atoms with E-state index >= 15 is 0 Å². The minimum Gasteiger partial charge on any atom is -0.489 e. The number of aromatic nitrogens is 2. The lowest BCUT2D eigenvalue weighted by Gasteiger charge is -2.18. The number of nitrogens with one attached hydrogen (secondary N) is 1. The molecule has 6 nitrogen and oxygen atoms in total. The second-order valence-electron chi connectivity index (χ2n) is 8.27. The quantitative estimate of drug-likeness (QED) is 0.573. The number of amides is 1. The van der Waals surface area contributed by atoms with Gasteiger partial charge >= 0.3 is 0 Å². The van der Waals surface area contributed by atoms with Crippen LogP contribution in [0.15, 0.2) is 53.1 Å². The van der Waals surface area contributed by atoms with Crippen LogP contribution in [-0.2, 0) is 6.61 Å². The van der Waals surface area contributed by atoms with Crippen molar-refractivity contribution in [3.05, 3.63) is 76.9 Å². The molecule has 0 spiro atoms. The fraction of sp³-hybridized carbons (Fsp3) is 0.375. The van der Waals surface area contributed by atoms with Gasteiger partial charge in [-0.15, -0.1) is 0 Å². The van der Waals surface area contributed by atoms with Crippen molar-refractivity contribution in [1.82, 2.24) is 15.5 Å². The average Bonchev–Trinajstić information content (AvgIpc) is 3.48. The number of nitrogens with zero attached hydrogens (tertiary/aromatic N) is 2. The van der Waals surface area contributed by atoms with Gasteiger partial charge in [0.15, 0.2) is 5.82 Å². The second kappa shape index (κ2) is 8.69. The molecule has 1 heterocycles. The molecule has 1 aliphatic rings. The Kier molecular flexibility index (Phi) is 5.84. The van der Waals surface area contributed by atoms with Crippen LogP contribution in [0.3, 0.4) is 0 Å². The van der Waals surface area contributed by atoms with Crippen molar-refractivity contribution < 1.29 is 14.1 Å². The van der Waals surface area contributed by atoms with E-state index in [0.29, 0.717) is 29.7 Å². The highest BCUT2D eigenvalue weighted by Crippen LogP contribution is 2.38. The highest BCUT2D eigenvalue weighted by molar-refractivity contribution is 5.94. The Bertz CT molecular complexity index is 1020. The van der Waals surface area contributed by atoms with E-state index in [4.69, 9.17) is 9.26 Å². The van der Waals surface area contributed by atoms with Crippen LogP contribution in [-0.4, -0.2) is 16.0 Å². The third-order valence-electron chi connectivity index (χ3n) is 5.20. The van der Waals surface area contributed by atoms with Crippen molar-refractivity contribution in [2.75, 3.05) is 0 Å². The molecule has 0 saturated heterocycles. The smallest absolute Gasteiger partial charge is 0.252 e. The van der Waals surface area contributed by atoms with E-state index in [2.05, 4.69) is 34.5 Å². The number of ether oxygens (including phenoxy) is 1. The molecule has 4 rings (SSSR count). The molecule has 6 heteroatoms. The Labute approximate surface area is 176 Å². The summed E-state index contributed by atoms with van der Waals surface area (Å²) in [5, 5.41) is 7.12. The molecule has 0 radical (unpaired) electrons. The van der Waals surface area contributed by atoms with Gasteiger partial charge in [0.05, 0.1) is 0 Å². The Morgan fingerprint density at radius 1 is 1.20 bits per heavy atom. The van der Waals surface area contributed by atoms with Gasteiger partial charge in [0, 0.05) is 11.5 Å². The van der Waals surface area contributed by atoms with E-state index < -0.39 is 0 Å². The van der Waals surface area contributed by atoms with Crippen molar-refractivity contribution in [3.8, 4) is 5.75 Å². The molecule has 1 atom stereocenters. The fourth-order valence-corrected chi connectivity index (χ4v) is 3.31. The van der Waals surface area contributed by atoms with Crippen molar-refractivity contribution in [3.63, 3.8) is 0 Å². The fourth-order valence-electron chi connectivity index (χ4n) is 3.31. The molecule has 156 valence electrons. The molecular formula is C24H27N3O3. The minimum atomic E-state index is -0.339. The molecule has 30 heavy (non-hydrogen) atoms. The number of carbonyl (C=O) groups excluding carboxylic acids is 1. The van der Waals surface area contributed by atoms with E-state index in [-0.39, 0.29) is 17.9 Å². The van der Waals surface area contributed by atoms with Crippen LogP contribution in [0.4, 0.5) is 0 Å². The Morgan fingerprint density at radius 2 is 2.00 bits per heavy atom. The number of aryl methyl sites for hydroxylation is 1. The first-order valence-electron chi connectivity index (χ1n) is 10.4. The summed E-state index contributed by atoms with van der Waals surface area (Å²) >= 11 is 0. The van der Waals surface area contributed by atoms with E-state index in [9.17, 15) is 4.79 Å². The summed E-state index contributed by atoms with van der Waals surface area (Å²) < 4.78 is 11.3. The lowest BCUT2D eigenvalue weighted by Crippen LogP contribution is -2.32. The van der Waals surface area contributed by atoms with Gasteiger partial charge in [-0.25, -0.2) is 0 Å². The lowest BCUT2D eigenvalue weighted by atomic mass is 10.0. The van der Waals surface area contributed by atoms with Crippen LogP contribution in [0, 0.1) is 12.8 Å². The summed E-state index contributed by atoms with van der Waals surface area (Å²) in [4.78, 5) is 17.4. The molecule has 1 aromatic heterocycles. The molecule has 1 saturated carbocycles. The second-order valence-corrected chi connectivity index (χ2v) is 8.27. The standard InChI is InChI=1S/C24H27N3O3/c1-15(2)21(24-26-22(27-30-24)18-10-11-18)25-23(28)19-8-5-9-20(13-19)29-14-17-7-4-6-16(3)12-17/h4-9,12-13,15,18,21H,10-11,14H2,1-3H3,(H,25,28). The number of carbonyl (C=O) groups is 1. The molecule has 0 aliphatic heterocycles. The van der Waals surface area contributed by atoms with Crippen LogP contribution in [0.1, 0.15) is 71.8 Å². The molecule has 3 aromatic rings. The van der Waals surface area contributed by atoms with Crippen molar-refractivity contribution in [1.29, 1.82) is 0 Å².